The van der Waals surface area contributed by atoms with Gasteiger partial charge in [0.2, 0.25) is 0 Å². The van der Waals surface area contributed by atoms with E-state index < -0.39 is 0 Å². The SMILES string of the molecule is CC(=O)c1ccc(Nc2nc(-c3ccccc3O)nc3ccccc23)cc1. The van der Waals surface area contributed by atoms with Gasteiger partial charge in [-0.2, -0.15) is 0 Å². The Bertz CT molecular complexity index is 1140. The lowest BCUT2D eigenvalue weighted by molar-refractivity contribution is 0.101. The molecule has 1 aromatic heterocycles. The van der Waals surface area contributed by atoms with Crippen molar-refractivity contribution in [2.24, 2.45) is 0 Å². The zero-order valence-electron chi connectivity index (χ0n) is 14.7. The van der Waals surface area contributed by atoms with Crippen LogP contribution in [0.4, 0.5) is 11.5 Å². The maximum Gasteiger partial charge on any atom is 0.165 e. The van der Waals surface area contributed by atoms with E-state index in [0.717, 1.165) is 16.6 Å². The molecule has 5 nitrogen and oxygen atoms in total. The molecule has 0 saturated carbocycles. The van der Waals surface area contributed by atoms with Gasteiger partial charge in [-0.1, -0.05) is 24.3 Å². The van der Waals surface area contributed by atoms with Crippen molar-refractivity contribution < 1.29 is 9.90 Å². The van der Waals surface area contributed by atoms with Crippen molar-refractivity contribution in [2.75, 3.05) is 5.32 Å². The first-order valence-electron chi connectivity index (χ1n) is 8.55. The van der Waals surface area contributed by atoms with Crippen LogP contribution in [0.5, 0.6) is 5.75 Å². The number of phenolic OH excluding ortho intramolecular Hbond substituents is 1. The molecule has 0 aliphatic heterocycles. The summed E-state index contributed by atoms with van der Waals surface area (Å²) in [6.07, 6.45) is 0. The minimum Gasteiger partial charge on any atom is -0.507 e. The minimum atomic E-state index is 0.0240. The number of hydrogen-bond donors (Lipinski definition) is 2. The molecular formula is C22H17N3O2. The van der Waals surface area contributed by atoms with Gasteiger partial charge < -0.3 is 10.4 Å². The van der Waals surface area contributed by atoms with Crippen LogP contribution in [-0.4, -0.2) is 20.9 Å². The molecule has 0 atom stereocenters. The quantitative estimate of drug-likeness (QED) is 0.507. The van der Waals surface area contributed by atoms with E-state index in [0.29, 0.717) is 22.8 Å². The van der Waals surface area contributed by atoms with Crippen molar-refractivity contribution in [1.82, 2.24) is 9.97 Å². The first kappa shape index (κ1) is 16.7. The summed E-state index contributed by atoms with van der Waals surface area (Å²) in [5, 5.41) is 14.3. The minimum absolute atomic E-state index is 0.0240. The van der Waals surface area contributed by atoms with E-state index in [1.807, 2.05) is 42.5 Å². The maximum atomic E-state index is 11.5. The van der Waals surface area contributed by atoms with Crippen molar-refractivity contribution in [3.05, 3.63) is 78.4 Å². The summed E-state index contributed by atoms with van der Waals surface area (Å²) in [6, 6.07) is 21.9. The Morgan fingerprint density at radius 3 is 2.33 bits per heavy atom. The number of anilines is 2. The fourth-order valence-corrected chi connectivity index (χ4v) is 2.88. The number of rotatable bonds is 4. The molecule has 0 amide bonds. The number of carbonyl (C=O) groups is 1. The van der Waals surface area contributed by atoms with E-state index in [9.17, 15) is 9.90 Å². The molecule has 0 aliphatic rings. The predicted octanol–water partition coefficient (Wildman–Crippen LogP) is 4.95. The third-order valence-electron chi connectivity index (χ3n) is 4.30. The van der Waals surface area contributed by atoms with Gasteiger partial charge in [-0.15, -0.1) is 0 Å². The van der Waals surface area contributed by atoms with Crippen LogP contribution in [-0.2, 0) is 0 Å². The standard InChI is InChI=1S/C22H17N3O2/c1-14(26)15-10-12-16(13-11-15)23-21-17-6-2-4-8-19(17)24-22(25-21)18-7-3-5-9-20(18)27/h2-13,27H,1H3,(H,23,24,25). The Hall–Kier alpha value is -3.73. The second-order valence-corrected chi connectivity index (χ2v) is 6.19. The summed E-state index contributed by atoms with van der Waals surface area (Å²) >= 11 is 0. The number of benzene rings is 3. The molecule has 0 unspecified atom stereocenters. The number of hydrogen-bond acceptors (Lipinski definition) is 5. The monoisotopic (exact) mass is 355 g/mol. The average molecular weight is 355 g/mol. The Morgan fingerprint density at radius 2 is 1.59 bits per heavy atom. The Morgan fingerprint density at radius 1 is 0.889 bits per heavy atom. The van der Waals surface area contributed by atoms with E-state index in [2.05, 4.69) is 15.3 Å². The number of fused-ring (bicyclic) bond motifs is 1. The van der Waals surface area contributed by atoms with Gasteiger partial charge in [0.05, 0.1) is 11.1 Å². The topological polar surface area (TPSA) is 75.1 Å². The number of nitrogens with zero attached hydrogens (tertiary/aromatic N) is 2. The Kier molecular flexibility index (Phi) is 4.26. The third-order valence-corrected chi connectivity index (χ3v) is 4.30. The lowest BCUT2D eigenvalue weighted by Crippen LogP contribution is -2.00. The van der Waals surface area contributed by atoms with Gasteiger partial charge in [0.15, 0.2) is 11.6 Å². The highest BCUT2D eigenvalue weighted by Gasteiger charge is 2.12. The largest absolute Gasteiger partial charge is 0.507 e. The summed E-state index contributed by atoms with van der Waals surface area (Å²) in [5.74, 6) is 1.23. The molecule has 4 aromatic rings. The predicted molar refractivity (Wildman–Crippen MR) is 106 cm³/mol. The third kappa shape index (κ3) is 3.35. The van der Waals surface area contributed by atoms with Gasteiger partial charge >= 0.3 is 0 Å². The van der Waals surface area contributed by atoms with Crippen LogP contribution >= 0.6 is 0 Å². The number of aromatic hydroxyl groups is 1. The number of carbonyl (C=O) groups excluding carboxylic acids is 1. The molecule has 0 saturated heterocycles. The lowest BCUT2D eigenvalue weighted by atomic mass is 10.1. The van der Waals surface area contributed by atoms with Crippen LogP contribution in [0.25, 0.3) is 22.3 Å². The number of para-hydroxylation sites is 2. The van der Waals surface area contributed by atoms with Gasteiger partial charge in [0, 0.05) is 16.6 Å². The fraction of sp³-hybridized carbons (Fsp3) is 0.0455. The zero-order valence-corrected chi connectivity index (χ0v) is 14.7. The van der Waals surface area contributed by atoms with E-state index in [-0.39, 0.29) is 11.5 Å². The molecule has 1 heterocycles. The Balaban J connectivity index is 1.81. The molecule has 3 aromatic carbocycles. The number of ketones is 1. The van der Waals surface area contributed by atoms with Crippen LogP contribution in [0.3, 0.4) is 0 Å². The molecule has 2 N–H and O–H groups in total. The highest BCUT2D eigenvalue weighted by molar-refractivity contribution is 5.95. The van der Waals surface area contributed by atoms with Gasteiger partial charge in [0.25, 0.3) is 0 Å². The molecule has 132 valence electrons. The molecule has 0 fully saturated rings. The summed E-state index contributed by atoms with van der Waals surface area (Å²) in [5.41, 5.74) is 2.81. The molecule has 4 rings (SSSR count). The molecule has 27 heavy (non-hydrogen) atoms. The van der Waals surface area contributed by atoms with Crippen molar-refractivity contribution in [3.8, 4) is 17.1 Å². The van der Waals surface area contributed by atoms with Crippen molar-refractivity contribution in [1.29, 1.82) is 0 Å². The van der Waals surface area contributed by atoms with Gasteiger partial charge in [0.1, 0.15) is 11.6 Å². The van der Waals surface area contributed by atoms with Gasteiger partial charge in [-0.3, -0.25) is 4.79 Å². The first-order valence-corrected chi connectivity index (χ1v) is 8.55. The Labute approximate surface area is 156 Å². The number of nitrogens with one attached hydrogen (secondary N) is 1. The molecule has 0 radical (unpaired) electrons. The second-order valence-electron chi connectivity index (χ2n) is 6.19. The zero-order chi connectivity index (χ0) is 18.8. The van der Waals surface area contributed by atoms with Crippen LogP contribution in [0.2, 0.25) is 0 Å². The summed E-state index contributed by atoms with van der Waals surface area (Å²) < 4.78 is 0. The summed E-state index contributed by atoms with van der Waals surface area (Å²) in [7, 11) is 0. The van der Waals surface area contributed by atoms with Crippen LogP contribution in [0.1, 0.15) is 17.3 Å². The van der Waals surface area contributed by atoms with Crippen molar-refractivity contribution in [3.63, 3.8) is 0 Å². The van der Waals surface area contributed by atoms with Gasteiger partial charge in [-0.05, 0) is 55.5 Å². The number of phenols is 1. The number of Topliss-reactive ketones (excluding diaryl/α,β-unsaturated/α-hetero) is 1. The molecule has 5 heteroatoms. The molecular weight excluding hydrogens is 338 g/mol. The summed E-state index contributed by atoms with van der Waals surface area (Å²) in [4.78, 5) is 20.7. The highest BCUT2D eigenvalue weighted by Crippen LogP contribution is 2.31. The molecule has 0 spiro atoms. The second kappa shape index (κ2) is 6.88. The van der Waals surface area contributed by atoms with Crippen molar-refractivity contribution >= 4 is 28.2 Å². The lowest BCUT2D eigenvalue weighted by Gasteiger charge is -2.12. The smallest absolute Gasteiger partial charge is 0.165 e. The first-order chi connectivity index (χ1) is 13.1. The van der Waals surface area contributed by atoms with E-state index >= 15 is 0 Å². The molecule has 0 aliphatic carbocycles. The van der Waals surface area contributed by atoms with Crippen LogP contribution in [0.15, 0.2) is 72.8 Å². The van der Waals surface area contributed by atoms with E-state index in [1.165, 1.54) is 0 Å². The van der Waals surface area contributed by atoms with E-state index in [4.69, 9.17) is 0 Å². The van der Waals surface area contributed by atoms with Crippen molar-refractivity contribution in [2.45, 2.75) is 6.92 Å². The fourth-order valence-electron chi connectivity index (χ4n) is 2.88. The van der Waals surface area contributed by atoms with Crippen LogP contribution in [0, 0.1) is 0 Å². The average Bonchev–Trinajstić information content (AvgIpc) is 2.68. The van der Waals surface area contributed by atoms with E-state index in [1.54, 1.807) is 37.3 Å². The number of aromatic nitrogens is 2. The molecule has 0 bridgehead atoms. The van der Waals surface area contributed by atoms with Gasteiger partial charge in [-0.25, -0.2) is 9.97 Å². The normalized spacial score (nSPS) is 10.7. The maximum absolute atomic E-state index is 11.5. The summed E-state index contributed by atoms with van der Waals surface area (Å²) in [6.45, 7) is 1.54. The highest BCUT2D eigenvalue weighted by atomic mass is 16.3. The van der Waals surface area contributed by atoms with Crippen LogP contribution < -0.4 is 5.32 Å².